The van der Waals surface area contributed by atoms with Crippen LogP contribution < -0.4 is 10.5 Å². The molecule has 0 saturated heterocycles. The molecule has 0 fully saturated rings. The van der Waals surface area contributed by atoms with Gasteiger partial charge < -0.3 is 15.2 Å². The average molecular weight is 348 g/mol. The summed E-state index contributed by atoms with van der Waals surface area (Å²) in [6.45, 7) is 2.04. The van der Waals surface area contributed by atoms with E-state index in [1.165, 1.54) is 6.07 Å². The van der Waals surface area contributed by atoms with Crippen LogP contribution in [0.3, 0.4) is 0 Å². The Balaban J connectivity index is 2.55. The van der Waals surface area contributed by atoms with Gasteiger partial charge in [0.25, 0.3) is 0 Å². The number of aryl methyl sites for hydroxylation is 1. The highest BCUT2D eigenvalue weighted by molar-refractivity contribution is 7.20. The summed E-state index contributed by atoms with van der Waals surface area (Å²) in [4.78, 5) is 16.6. The number of alkyl halides is 3. The lowest BCUT2D eigenvalue weighted by molar-refractivity contribution is -0.153. The summed E-state index contributed by atoms with van der Waals surface area (Å²) >= 11 is 0.927. The number of fused-ring (bicyclic) bond motifs is 1. The van der Waals surface area contributed by atoms with Crippen LogP contribution in [0.25, 0.3) is 10.2 Å². The van der Waals surface area contributed by atoms with Gasteiger partial charge in [0.1, 0.15) is 4.83 Å². The van der Waals surface area contributed by atoms with Crippen LogP contribution in [-0.4, -0.2) is 30.3 Å². The third-order valence-corrected chi connectivity index (χ3v) is 3.99. The summed E-state index contributed by atoms with van der Waals surface area (Å²) < 4.78 is 47.1. The number of halogens is 3. The van der Waals surface area contributed by atoms with Gasteiger partial charge in [-0.3, -0.25) is 0 Å². The van der Waals surface area contributed by atoms with Crippen molar-refractivity contribution in [3.8, 4) is 5.75 Å². The number of hydrogen-bond donors (Lipinski definition) is 1. The lowest BCUT2D eigenvalue weighted by Crippen LogP contribution is -2.20. The molecule has 0 aliphatic rings. The van der Waals surface area contributed by atoms with Crippen LogP contribution in [0.15, 0.2) is 6.07 Å². The van der Waals surface area contributed by atoms with Crippen LogP contribution in [0, 0.1) is 0 Å². The van der Waals surface area contributed by atoms with E-state index >= 15 is 0 Å². The zero-order valence-electron chi connectivity index (χ0n) is 12.5. The Morgan fingerprint density at radius 1 is 1.39 bits per heavy atom. The topological polar surface area (TPSA) is 74.4 Å². The molecule has 0 unspecified atom stereocenters. The molecule has 0 spiro atoms. The minimum Gasteiger partial charge on any atom is -0.482 e. The monoisotopic (exact) mass is 348 g/mol. The maximum absolute atomic E-state index is 12.4. The highest BCUT2D eigenvalue weighted by Crippen LogP contribution is 2.39. The number of carbonyl (C=O) groups excluding carboxylic acids is 1. The predicted molar refractivity (Wildman–Crippen MR) is 80.9 cm³/mol. The van der Waals surface area contributed by atoms with Gasteiger partial charge >= 0.3 is 12.1 Å². The number of carbonyl (C=O) groups is 1. The van der Waals surface area contributed by atoms with Gasteiger partial charge in [-0.2, -0.15) is 13.2 Å². The SMILES string of the molecule is CCOC(=O)c1sc2nc(CC)c(N)cc2c1OCC(F)(F)F. The molecule has 2 heterocycles. The number of esters is 1. The number of nitrogens with two attached hydrogens (primary N) is 1. The number of pyridine rings is 1. The first-order valence-corrected chi connectivity index (χ1v) is 7.67. The molecule has 0 radical (unpaired) electrons. The van der Waals surface area contributed by atoms with Crippen molar-refractivity contribution >= 4 is 33.2 Å². The zero-order chi connectivity index (χ0) is 17.2. The first kappa shape index (κ1) is 17.3. The van der Waals surface area contributed by atoms with Crippen LogP contribution in [0.4, 0.5) is 18.9 Å². The van der Waals surface area contributed by atoms with Gasteiger partial charge in [0.2, 0.25) is 0 Å². The van der Waals surface area contributed by atoms with Gasteiger partial charge in [0.05, 0.1) is 23.4 Å². The molecule has 2 aromatic rings. The second-order valence-electron chi connectivity index (χ2n) is 4.62. The van der Waals surface area contributed by atoms with E-state index in [-0.39, 0.29) is 22.6 Å². The van der Waals surface area contributed by atoms with Crippen molar-refractivity contribution in [1.29, 1.82) is 0 Å². The van der Waals surface area contributed by atoms with Crippen LogP contribution in [0.1, 0.15) is 29.2 Å². The molecule has 2 aromatic heterocycles. The minimum atomic E-state index is -4.53. The fourth-order valence-corrected chi connectivity index (χ4v) is 2.98. The number of anilines is 1. The van der Waals surface area contributed by atoms with Crippen molar-refractivity contribution in [2.45, 2.75) is 26.4 Å². The molecular formula is C14H15F3N2O3S. The number of thiophene rings is 1. The van der Waals surface area contributed by atoms with Gasteiger partial charge in [-0.05, 0) is 19.4 Å². The van der Waals surface area contributed by atoms with E-state index in [9.17, 15) is 18.0 Å². The molecule has 2 rings (SSSR count). The first-order valence-electron chi connectivity index (χ1n) is 6.85. The third-order valence-electron chi connectivity index (χ3n) is 2.93. The minimum absolute atomic E-state index is 0.0498. The maximum atomic E-state index is 12.4. The van der Waals surface area contributed by atoms with Gasteiger partial charge in [0, 0.05) is 0 Å². The Morgan fingerprint density at radius 2 is 2.09 bits per heavy atom. The van der Waals surface area contributed by atoms with E-state index in [0.29, 0.717) is 22.6 Å². The van der Waals surface area contributed by atoms with E-state index < -0.39 is 18.8 Å². The van der Waals surface area contributed by atoms with Gasteiger partial charge in [-0.25, -0.2) is 9.78 Å². The Morgan fingerprint density at radius 3 is 2.65 bits per heavy atom. The fourth-order valence-electron chi connectivity index (χ4n) is 1.97. The zero-order valence-corrected chi connectivity index (χ0v) is 13.3. The maximum Gasteiger partial charge on any atom is 0.422 e. The summed E-state index contributed by atoms with van der Waals surface area (Å²) in [6, 6.07) is 1.48. The number of hydrogen-bond acceptors (Lipinski definition) is 6. The smallest absolute Gasteiger partial charge is 0.422 e. The predicted octanol–water partition coefficient (Wildman–Crippen LogP) is 3.56. The Hall–Kier alpha value is -2.03. The first-order chi connectivity index (χ1) is 10.8. The van der Waals surface area contributed by atoms with Crippen molar-refractivity contribution in [3.05, 3.63) is 16.6 Å². The van der Waals surface area contributed by atoms with E-state index in [0.717, 1.165) is 11.3 Å². The number of nitrogen functional groups attached to an aromatic ring is 1. The van der Waals surface area contributed by atoms with Crippen molar-refractivity contribution in [1.82, 2.24) is 4.98 Å². The lowest BCUT2D eigenvalue weighted by atomic mass is 10.2. The van der Waals surface area contributed by atoms with Gasteiger partial charge in [0.15, 0.2) is 17.2 Å². The van der Waals surface area contributed by atoms with Crippen LogP contribution in [0.5, 0.6) is 5.75 Å². The normalized spacial score (nSPS) is 11.7. The third kappa shape index (κ3) is 3.84. The van der Waals surface area contributed by atoms with E-state index in [2.05, 4.69) is 4.98 Å². The second-order valence-corrected chi connectivity index (χ2v) is 5.61. The van der Waals surface area contributed by atoms with Crippen LogP contribution in [-0.2, 0) is 11.2 Å². The van der Waals surface area contributed by atoms with Gasteiger partial charge in [-0.1, -0.05) is 6.92 Å². The number of ether oxygens (including phenoxy) is 2. The molecular weight excluding hydrogens is 333 g/mol. The Labute approximate surface area is 134 Å². The van der Waals surface area contributed by atoms with Crippen molar-refractivity contribution < 1.29 is 27.4 Å². The fraction of sp³-hybridized carbons (Fsp3) is 0.429. The lowest BCUT2D eigenvalue weighted by Gasteiger charge is -2.10. The van der Waals surface area contributed by atoms with Gasteiger partial charge in [-0.15, -0.1) is 11.3 Å². The molecule has 0 aliphatic carbocycles. The second kappa shape index (κ2) is 6.61. The molecule has 5 nitrogen and oxygen atoms in total. The summed E-state index contributed by atoms with van der Waals surface area (Å²) in [5, 5.41) is 0.275. The molecule has 0 amide bonds. The largest absolute Gasteiger partial charge is 0.482 e. The molecule has 126 valence electrons. The number of aromatic nitrogens is 1. The summed E-state index contributed by atoms with van der Waals surface area (Å²) in [5.41, 5.74) is 6.79. The standard InChI is InChI=1S/C14H15F3N2O3S/c1-3-9-8(18)5-7-10(22-6-14(15,16)17)11(13(20)21-4-2)23-12(7)19-9/h5H,3-4,6,18H2,1-2H3. The van der Waals surface area contributed by atoms with Crippen molar-refractivity contribution in [3.63, 3.8) is 0 Å². The molecule has 0 aromatic carbocycles. The molecule has 0 aliphatic heterocycles. The molecule has 2 N–H and O–H groups in total. The summed E-state index contributed by atoms with van der Waals surface area (Å²) in [5.74, 6) is -0.938. The van der Waals surface area contributed by atoms with E-state index in [1.54, 1.807) is 6.92 Å². The number of rotatable bonds is 5. The van der Waals surface area contributed by atoms with Crippen LogP contribution >= 0.6 is 11.3 Å². The summed E-state index contributed by atoms with van der Waals surface area (Å²) in [7, 11) is 0. The molecule has 0 atom stereocenters. The molecule has 9 heteroatoms. The average Bonchev–Trinajstić information content (AvgIpc) is 2.81. The van der Waals surface area contributed by atoms with E-state index in [4.69, 9.17) is 15.2 Å². The highest BCUT2D eigenvalue weighted by atomic mass is 32.1. The quantitative estimate of drug-likeness (QED) is 0.836. The Kier molecular flexibility index (Phi) is 4.98. The number of nitrogens with zero attached hydrogens (tertiary/aromatic N) is 1. The molecule has 23 heavy (non-hydrogen) atoms. The van der Waals surface area contributed by atoms with Crippen molar-refractivity contribution in [2.24, 2.45) is 0 Å². The van der Waals surface area contributed by atoms with Crippen LogP contribution in [0.2, 0.25) is 0 Å². The Bertz CT molecular complexity index is 728. The van der Waals surface area contributed by atoms with E-state index in [1.807, 2.05) is 6.92 Å². The highest BCUT2D eigenvalue weighted by Gasteiger charge is 2.31. The molecule has 0 saturated carbocycles. The van der Waals surface area contributed by atoms with Crippen molar-refractivity contribution in [2.75, 3.05) is 18.9 Å². The summed E-state index contributed by atoms with van der Waals surface area (Å²) in [6.07, 6.45) is -3.96. The molecule has 0 bridgehead atoms.